The lowest BCUT2D eigenvalue weighted by Gasteiger charge is -2.08. The molecular weight excluding hydrogens is 230 g/mol. The maximum Gasteiger partial charge on any atom is 0.293 e. The highest BCUT2D eigenvalue weighted by molar-refractivity contribution is 5.30. The van der Waals surface area contributed by atoms with E-state index in [1.54, 1.807) is 29.5 Å². The van der Waals surface area contributed by atoms with Gasteiger partial charge >= 0.3 is 0 Å². The molecule has 6 nitrogen and oxygen atoms in total. The van der Waals surface area contributed by atoms with Crippen LogP contribution in [0.4, 0.5) is 5.82 Å². The fraction of sp³-hybridized carbons (Fsp3) is 0.417. The zero-order valence-electron chi connectivity index (χ0n) is 10.4. The summed E-state index contributed by atoms with van der Waals surface area (Å²) in [6.07, 6.45) is 9.65. The predicted molar refractivity (Wildman–Crippen MR) is 69.5 cm³/mol. The summed E-state index contributed by atoms with van der Waals surface area (Å²) in [6.45, 7) is 4.16. The molecule has 0 saturated heterocycles. The topological polar surface area (TPSA) is 64.7 Å². The van der Waals surface area contributed by atoms with Gasteiger partial charge in [-0.15, -0.1) is 0 Å². The van der Waals surface area contributed by atoms with Crippen LogP contribution in [0, 0.1) is 0 Å². The molecule has 2 aromatic rings. The van der Waals surface area contributed by atoms with E-state index in [4.69, 9.17) is 0 Å². The zero-order valence-corrected chi connectivity index (χ0v) is 10.4. The molecule has 6 heteroatoms. The molecule has 2 aromatic heterocycles. The summed E-state index contributed by atoms with van der Waals surface area (Å²) in [4.78, 5) is 20.0. The molecule has 0 amide bonds. The van der Waals surface area contributed by atoms with Crippen LogP contribution in [0.15, 0.2) is 35.9 Å². The summed E-state index contributed by atoms with van der Waals surface area (Å²) in [5, 5.41) is 3.06. The Morgan fingerprint density at radius 1 is 1.28 bits per heavy atom. The van der Waals surface area contributed by atoms with Crippen LogP contribution in [0.1, 0.15) is 13.3 Å². The Labute approximate surface area is 105 Å². The zero-order chi connectivity index (χ0) is 12.8. The van der Waals surface area contributed by atoms with Crippen LogP contribution in [0.25, 0.3) is 0 Å². The Bertz CT molecular complexity index is 532. The Kier molecular flexibility index (Phi) is 4.11. The summed E-state index contributed by atoms with van der Waals surface area (Å²) in [5.41, 5.74) is -0.0648. The molecule has 0 atom stereocenters. The van der Waals surface area contributed by atoms with Crippen molar-refractivity contribution in [2.45, 2.75) is 26.4 Å². The van der Waals surface area contributed by atoms with Crippen molar-refractivity contribution in [1.82, 2.24) is 19.1 Å². The number of aryl methyl sites for hydroxylation is 1. The SMILES string of the molecule is CCCn1ccnc(NCCn2ccnc2)c1=O. The average molecular weight is 247 g/mol. The maximum atomic E-state index is 12.0. The van der Waals surface area contributed by atoms with E-state index in [2.05, 4.69) is 15.3 Å². The largest absolute Gasteiger partial charge is 0.364 e. The lowest BCUT2D eigenvalue weighted by atomic mass is 10.4. The van der Waals surface area contributed by atoms with Crippen molar-refractivity contribution in [2.75, 3.05) is 11.9 Å². The van der Waals surface area contributed by atoms with Crippen LogP contribution in [-0.2, 0) is 13.1 Å². The Hall–Kier alpha value is -2.11. The molecule has 0 radical (unpaired) electrons. The fourth-order valence-electron chi connectivity index (χ4n) is 1.71. The van der Waals surface area contributed by atoms with Crippen molar-refractivity contribution in [3.05, 3.63) is 41.5 Å². The number of rotatable bonds is 6. The predicted octanol–water partition coefficient (Wildman–Crippen LogP) is 0.962. The van der Waals surface area contributed by atoms with Gasteiger partial charge in [0, 0.05) is 44.4 Å². The minimum Gasteiger partial charge on any atom is -0.364 e. The van der Waals surface area contributed by atoms with E-state index in [9.17, 15) is 4.79 Å². The second kappa shape index (κ2) is 6.00. The van der Waals surface area contributed by atoms with Gasteiger partial charge in [-0.3, -0.25) is 4.79 Å². The molecule has 2 heterocycles. The van der Waals surface area contributed by atoms with Crippen molar-refractivity contribution in [1.29, 1.82) is 0 Å². The minimum absolute atomic E-state index is 0.0648. The fourth-order valence-corrected chi connectivity index (χ4v) is 1.71. The van der Waals surface area contributed by atoms with Gasteiger partial charge in [0.15, 0.2) is 5.82 Å². The number of nitrogens with one attached hydrogen (secondary N) is 1. The van der Waals surface area contributed by atoms with Gasteiger partial charge in [0.1, 0.15) is 0 Å². The lowest BCUT2D eigenvalue weighted by molar-refractivity contribution is 0.647. The third-order valence-electron chi connectivity index (χ3n) is 2.60. The first-order chi connectivity index (χ1) is 8.81. The van der Waals surface area contributed by atoms with Gasteiger partial charge in [0.2, 0.25) is 0 Å². The molecule has 0 spiro atoms. The molecule has 0 aliphatic carbocycles. The third kappa shape index (κ3) is 2.97. The third-order valence-corrected chi connectivity index (χ3v) is 2.60. The maximum absolute atomic E-state index is 12.0. The van der Waals surface area contributed by atoms with Crippen LogP contribution in [-0.4, -0.2) is 25.6 Å². The van der Waals surface area contributed by atoms with E-state index in [0.29, 0.717) is 12.4 Å². The minimum atomic E-state index is -0.0648. The van der Waals surface area contributed by atoms with Crippen LogP contribution < -0.4 is 10.9 Å². The van der Waals surface area contributed by atoms with Crippen molar-refractivity contribution in [3.8, 4) is 0 Å². The quantitative estimate of drug-likeness (QED) is 0.825. The molecule has 0 fully saturated rings. The number of nitrogens with zero attached hydrogens (tertiary/aromatic N) is 4. The number of imidazole rings is 1. The van der Waals surface area contributed by atoms with Crippen molar-refractivity contribution in [3.63, 3.8) is 0 Å². The average Bonchev–Trinajstić information content (AvgIpc) is 2.87. The standard InChI is InChI=1S/C12H17N5O/c1-2-6-17-9-5-15-11(12(17)18)14-4-8-16-7-3-13-10-16/h3,5,7,9-10H,2,4,6,8H2,1H3,(H,14,15). The monoisotopic (exact) mass is 247 g/mol. The summed E-state index contributed by atoms with van der Waals surface area (Å²) in [5.74, 6) is 0.408. The van der Waals surface area contributed by atoms with Gasteiger partial charge in [-0.1, -0.05) is 6.92 Å². The van der Waals surface area contributed by atoms with E-state index in [1.807, 2.05) is 17.7 Å². The van der Waals surface area contributed by atoms with E-state index in [0.717, 1.165) is 19.5 Å². The highest BCUT2D eigenvalue weighted by Crippen LogP contribution is 1.94. The summed E-state index contributed by atoms with van der Waals surface area (Å²) < 4.78 is 3.62. The van der Waals surface area contributed by atoms with Crippen LogP contribution in [0.5, 0.6) is 0 Å². The normalized spacial score (nSPS) is 10.5. The van der Waals surface area contributed by atoms with Crippen molar-refractivity contribution in [2.24, 2.45) is 0 Å². The highest BCUT2D eigenvalue weighted by atomic mass is 16.1. The summed E-state index contributed by atoms with van der Waals surface area (Å²) >= 11 is 0. The Balaban J connectivity index is 1.97. The highest BCUT2D eigenvalue weighted by Gasteiger charge is 2.03. The van der Waals surface area contributed by atoms with Crippen LogP contribution in [0.3, 0.4) is 0 Å². The van der Waals surface area contributed by atoms with Crippen LogP contribution in [0.2, 0.25) is 0 Å². The van der Waals surface area contributed by atoms with Gasteiger partial charge in [-0.2, -0.15) is 0 Å². The first-order valence-corrected chi connectivity index (χ1v) is 6.06. The lowest BCUT2D eigenvalue weighted by Crippen LogP contribution is -2.25. The molecule has 0 aromatic carbocycles. The number of hydrogen-bond acceptors (Lipinski definition) is 4. The van der Waals surface area contributed by atoms with Crippen molar-refractivity contribution >= 4 is 5.82 Å². The summed E-state index contributed by atoms with van der Waals surface area (Å²) in [7, 11) is 0. The van der Waals surface area contributed by atoms with E-state index in [-0.39, 0.29) is 5.56 Å². The Morgan fingerprint density at radius 2 is 2.17 bits per heavy atom. The first kappa shape index (κ1) is 12.3. The molecule has 0 aliphatic rings. The van der Waals surface area contributed by atoms with Gasteiger partial charge in [-0.05, 0) is 6.42 Å². The van der Waals surface area contributed by atoms with Gasteiger partial charge in [0.05, 0.1) is 6.33 Å². The number of hydrogen-bond donors (Lipinski definition) is 1. The molecule has 96 valence electrons. The summed E-state index contributed by atoms with van der Waals surface area (Å²) in [6, 6.07) is 0. The second-order valence-electron chi connectivity index (χ2n) is 4.00. The number of aromatic nitrogens is 4. The first-order valence-electron chi connectivity index (χ1n) is 6.06. The molecule has 2 rings (SSSR count). The van der Waals surface area contributed by atoms with Gasteiger partial charge in [-0.25, -0.2) is 9.97 Å². The van der Waals surface area contributed by atoms with E-state index >= 15 is 0 Å². The van der Waals surface area contributed by atoms with E-state index in [1.165, 1.54) is 0 Å². The molecule has 0 unspecified atom stereocenters. The van der Waals surface area contributed by atoms with Gasteiger partial charge in [0.25, 0.3) is 5.56 Å². The van der Waals surface area contributed by atoms with Crippen molar-refractivity contribution < 1.29 is 0 Å². The molecule has 1 N–H and O–H groups in total. The molecule has 0 aliphatic heterocycles. The second-order valence-corrected chi connectivity index (χ2v) is 4.00. The Morgan fingerprint density at radius 3 is 2.89 bits per heavy atom. The molecular formula is C12H17N5O. The molecule has 0 saturated carbocycles. The molecule has 0 bridgehead atoms. The van der Waals surface area contributed by atoms with E-state index < -0.39 is 0 Å². The smallest absolute Gasteiger partial charge is 0.293 e. The molecule has 18 heavy (non-hydrogen) atoms. The van der Waals surface area contributed by atoms with Gasteiger partial charge < -0.3 is 14.5 Å². The number of anilines is 1. The van der Waals surface area contributed by atoms with Crippen LogP contribution >= 0.6 is 0 Å².